The van der Waals surface area contributed by atoms with Crippen LogP contribution in [0.25, 0.3) is 0 Å². The molecule has 0 amide bonds. The van der Waals surface area contributed by atoms with Crippen LogP contribution in [0, 0.1) is 0 Å². The first-order valence-electron chi connectivity index (χ1n) is 5.87. The van der Waals surface area contributed by atoms with Crippen molar-refractivity contribution in [2.45, 2.75) is 20.0 Å². The van der Waals surface area contributed by atoms with Crippen LogP contribution in [-0.4, -0.2) is 7.11 Å². The van der Waals surface area contributed by atoms with Crippen LogP contribution in [0.4, 0.5) is 5.69 Å². The van der Waals surface area contributed by atoms with Crippen molar-refractivity contribution >= 4 is 17.0 Å². The van der Waals surface area contributed by atoms with Crippen molar-refractivity contribution in [1.29, 1.82) is 0 Å². The molecule has 4 heteroatoms. The van der Waals surface area contributed by atoms with Crippen molar-refractivity contribution < 1.29 is 9.47 Å². The Bertz CT molecular complexity index is 522. The number of benzene rings is 1. The van der Waals surface area contributed by atoms with Gasteiger partial charge >= 0.3 is 0 Å². The highest BCUT2D eigenvalue weighted by molar-refractivity contribution is 7.11. The number of anilines is 1. The molecule has 2 N–H and O–H groups in total. The summed E-state index contributed by atoms with van der Waals surface area (Å²) in [5, 5.41) is 0. The van der Waals surface area contributed by atoms with Crippen LogP contribution in [-0.2, 0) is 13.0 Å². The number of hydrogen-bond donors (Lipinski definition) is 1. The normalized spacial score (nSPS) is 10.3. The van der Waals surface area contributed by atoms with E-state index in [1.54, 1.807) is 24.5 Å². The molecule has 0 aliphatic rings. The second-order valence-electron chi connectivity index (χ2n) is 3.91. The molecule has 0 saturated heterocycles. The molecule has 1 aromatic heterocycles. The zero-order valence-corrected chi connectivity index (χ0v) is 11.4. The number of thiophene rings is 1. The molecule has 96 valence electrons. The van der Waals surface area contributed by atoms with Gasteiger partial charge in [0.25, 0.3) is 0 Å². The molecule has 0 aliphatic carbocycles. The summed E-state index contributed by atoms with van der Waals surface area (Å²) in [6, 6.07) is 9.69. The first-order valence-corrected chi connectivity index (χ1v) is 6.68. The first-order chi connectivity index (χ1) is 8.72. The summed E-state index contributed by atoms with van der Waals surface area (Å²) in [5.41, 5.74) is 6.49. The summed E-state index contributed by atoms with van der Waals surface area (Å²) < 4.78 is 10.8. The Labute approximate surface area is 111 Å². The summed E-state index contributed by atoms with van der Waals surface area (Å²) in [4.78, 5) is 2.58. The third-order valence-corrected chi connectivity index (χ3v) is 3.86. The standard InChI is InChI=1S/C14H17NO2S/c1-3-11-5-6-12(18-11)9-17-14-7-4-10(16-2)8-13(14)15/h4-8H,3,9,15H2,1-2H3. The van der Waals surface area contributed by atoms with Crippen LogP contribution in [0.2, 0.25) is 0 Å². The second kappa shape index (κ2) is 5.78. The number of methoxy groups -OCH3 is 1. The van der Waals surface area contributed by atoms with Crippen LogP contribution in [0.1, 0.15) is 16.7 Å². The van der Waals surface area contributed by atoms with Gasteiger partial charge in [0.05, 0.1) is 12.8 Å². The molecular weight excluding hydrogens is 246 g/mol. The van der Waals surface area contributed by atoms with Gasteiger partial charge in [0, 0.05) is 15.8 Å². The maximum atomic E-state index is 5.89. The SMILES string of the molecule is CCc1ccc(COc2ccc(OC)cc2N)s1. The predicted octanol–water partition coefficient (Wildman–Crippen LogP) is 3.48. The minimum absolute atomic E-state index is 0.557. The van der Waals surface area contributed by atoms with E-state index in [-0.39, 0.29) is 0 Å². The monoisotopic (exact) mass is 263 g/mol. The van der Waals surface area contributed by atoms with E-state index in [4.69, 9.17) is 15.2 Å². The molecule has 0 saturated carbocycles. The zero-order chi connectivity index (χ0) is 13.0. The van der Waals surface area contributed by atoms with Gasteiger partial charge < -0.3 is 15.2 Å². The Morgan fingerprint density at radius 2 is 1.94 bits per heavy atom. The second-order valence-corrected chi connectivity index (χ2v) is 5.17. The lowest BCUT2D eigenvalue weighted by molar-refractivity contribution is 0.311. The molecule has 0 unspecified atom stereocenters. The summed E-state index contributed by atoms with van der Waals surface area (Å²) in [7, 11) is 1.62. The molecule has 0 aliphatic heterocycles. The van der Waals surface area contributed by atoms with Crippen molar-refractivity contribution in [3.63, 3.8) is 0 Å². The van der Waals surface area contributed by atoms with Crippen LogP contribution in [0.15, 0.2) is 30.3 Å². The van der Waals surface area contributed by atoms with Crippen LogP contribution in [0.3, 0.4) is 0 Å². The third kappa shape index (κ3) is 2.96. The van der Waals surface area contributed by atoms with Crippen molar-refractivity contribution in [3.05, 3.63) is 40.1 Å². The summed E-state index contributed by atoms with van der Waals surface area (Å²) >= 11 is 1.78. The first kappa shape index (κ1) is 12.8. The largest absolute Gasteiger partial charge is 0.497 e. The highest BCUT2D eigenvalue weighted by atomic mass is 32.1. The molecule has 2 rings (SSSR count). The fraction of sp³-hybridized carbons (Fsp3) is 0.286. The number of nitrogen functional groups attached to an aromatic ring is 1. The van der Waals surface area contributed by atoms with Crippen molar-refractivity contribution in [2.75, 3.05) is 12.8 Å². The summed E-state index contributed by atoms with van der Waals surface area (Å²) in [6.07, 6.45) is 1.06. The molecule has 0 atom stereocenters. The maximum Gasteiger partial charge on any atom is 0.143 e. The Hall–Kier alpha value is -1.68. The molecular formula is C14H17NO2S. The molecule has 0 radical (unpaired) electrons. The minimum Gasteiger partial charge on any atom is -0.497 e. The lowest BCUT2D eigenvalue weighted by atomic mass is 10.3. The van der Waals surface area contributed by atoms with Gasteiger partial charge in [0.2, 0.25) is 0 Å². The van der Waals surface area contributed by atoms with Gasteiger partial charge in [0.1, 0.15) is 18.1 Å². The number of rotatable bonds is 5. The van der Waals surface area contributed by atoms with Crippen molar-refractivity contribution in [3.8, 4) is 11.5 Å². The Morgan fingerprint density at radius 3 is 2.56 bits per heavy atom. The quantitative estimate of drug-likeness (QED) is 0.840. The molecule has 3 nitrogen and oxygen atoms in total. The van der Waals surface area contributed by atoms with Crippen LogP contribution < -0.4 is 15.2 Å². The fourth-order valence-corrected chi connectivity index (χ4v) is 2.49. The molecule has 1 heterocycles. The maximum absolute atomic E-state index is 5.89. The average molecular weight is 263 g/mol. The Balaban J connectivity index is 2.01. The van der Waals surface area contributed by atoms with E-state index in [2.05, 4.69) is 19.1 Å². The lowest BCUT2D eigenvalue weighted by Crippen LogP contribution is -1.97. The molecule has 2 aromatic rings. The highest BCUT2D eigenvalue weighted by Gasteiger charge is 2.04. The number of aryl methyl sites for hydroxylation is 1. The number of hydrogen-bond acceptors (Lipinski definition) is 4. The van der Waals surface area contributed by atoms with Gasteiger partial charge in [-0.2, -0.15) is 0 Å². The summed E-state index contributed by atoms with van der Waals surface area (Å²) in [6.45, 7) is 2.71. The zero-order valence-electron chi connectivity index (χ0n) is 10.6. The molecule has 0 bridgehead atoms. The van der Waals surface area contributed by atoms with Gasteiger partial charge in [-0.15, -0.1) is 11.3 Å². The lowest BCUT2D eigenvalue weighted by Gasteiger charge is -2.09. The van der Waals surface area contributed by atoms with E-state index < -0.39 is 0 Å². The minimum atomic E-state index is 0.557. The predicted molar refractivity (Wildman–Crippen MR) is 75.4 cm³/mol. The number of ether oxygens (including phenoxy) is 2. The highest BCUT2D eigenvalue weighted by Crippen LogP contribution is 2.27. The molecule has 0 spiro atoms. The molecule has 18 heavy (non-hydrogen) atoms. The van der Waals surface area contributed by atoms with Crippen LogP contribution in [0.5, 0.6) is 11.5 Å². The van der Waals surface area contributed by atoms with Gasteiger partial charge in [-0.05, 0) is 30.7 Å². The topological polar surface area (TPSA) is 44.5 Å². The van der Waals surface area contributed by atoms with Crippen molar-refractivity contribution in [1.82, 2.24) is 0 Å². The van der Waals surface area contributed by atoms with Crippen LogP contribution >= 0.6 is 11.3 Å². The van der Waals surface area contributed by atoms with E-state index in [1.807, 2.05) is 12.1 Å². The fourth-order valence-electron chi connectivity index (χ4n) is 1.62. The summed E-state index contributed by atoms with van der Waals surface area (Å²) in [5.74, 6) is 1.44. The average Bonchev–Trinajstić information content (AvgIpc) is 2.85. The Kier molecular flexibility index (Phi) is 4.10. The smallest absolute Gasteiger partial charge is 0.143 e. The van der Waals surface area contributed by atoms with E-state index >= 15 is 0 Å². The van der Waals surface area contributed by atoms with E-state index in [0.29, 0.717) is 18.0 Å². The third-order valence-electron chi connectivity index (χ3n) is 2.65. The van der Waals surface area contributed by atoms with E-state index in [9.17, 15) is 0 Å². The Morgan fingerprint density at radius 1 is 1.17 bits per heavy atom. The van der Waals surface area contributed by atoms with Gasteiger partial charge in [0.15, 0.2) is 0 Å². The van der Waals surface area contributed by atoms with Gasteiger partial charge in [-0.1, -0.05) is 6.92 Å². The number of nitrogens with two attached hydrogens (primary N) is 1. The van der Waals surface area contributed by atoms with Gasteiger partial charge in [-0.25, -0.2) is 0 Å². The van der Waals surface area contributed by atoms with E-state index in [1.165, 1.54) is 9.75 Å². The molecule has 0 fully saturated rings. The van der Waals surface area contributed by atoms with Crippen molar-refractivity contribution in [2.24, 2.45) is 0 Å². The van der Waals surface area contributed by atoms with E-state index in [0.717, 1.165) is 12.2 Å². The van der Waals surface area contributed by atoms with Gasteiger partial charge in [-0.3, -0.25) is 0 Å². The molecule has 1 aromatic carbocycles.